The maximum Gasteiger partial charge on any atom is 0.112 e. The molecular weight excluding hydrogens is 428 g/mol. The highest BCUT2D eigenvalue weighted by Crippen LogP contribution is 2.38. The van der Waals surface area contributed by atoms with Crippen LogP contribution in [0.2, 0.25) is 0 Å². The number of fused-ring (bicyclic) bond motifs is 1. The maximum atomic E-state index is 5.07. The average Bonchev–Trinajstić information content (AvgIpc) is 2.97. The molecule has 2 nitrogen and oxygen atoms in total. The first kappa shape index (κ1) is 16.1. The Morgan fingerprint density at radius 1 is 0.917 bits per heavy atom. The lowest BCUT2D eigenvalue weighted by molar-refractivity contribution is 0.466. The van der Waals surface area contributed by atoms with E-state index in [-0.39, 0.29) is 0 Å². The van der Waals surface area contributed by atoms with Gasteiger partial charge in [-0.05, 0) is 37.1 Å². The van der Waals surface area contributed by atoms with Crippen LogP contribution < -0.4 is 0 Å². The molecule has 0 spiro atoms. The Morgan fingerprint density at radius 2 is 1.50 bits per heavy atom. The molecule has 0 saturated carbocycles. The SMILES string of the molecule is C[C@H]1CCCn2c1nc(-c1ccc(Br)cc1)c2-c1ccc(Br)cc1. The van der Waals surface area contributed by atoms with Crippen molar-refractivity contribution in [2.45, 2.75) is 32.2 Å². The van der Waals surface area contributed by atoms with Crippen LogP contribution >= 0.6 is 31.9 Å². The van der Waals surface area contributed by atoms with Gasteiger partial charge in [-0.1, -0.05) is 63.0 Å². The zero-order valence-corrected chi connectivity index (χ0v) is 16.6. The lowest BCUT2D eigenvalue weighted by Crippen LogP contribution is -2.14. The van der Waals surface area contributed by atoms with Gasteiger partial charge >= 0.3 is 0 Å². The fourth-order valence-corrected chi connectivity index (χ4v) is 4.00. The minimum Gasteiger partial charge on any atom is -0.327 e. The first-order valence-corrected chi connectivity index (χ1v) is 9.84. The van der Waals surface area contributed by atoms with E-state index in [9.17, 15) is 0 Å². The van der Waals surface area contributed by atoms with Crippen LogP contribution in [0.1, 0.15) is 31.5 Å². The van der Waals surface area contributed by atoms with E-state index in [0.29, 0.717) is 5.92 Å². The molecule has 1 atom stereocenters. The van der Waals surface area contributed by atoms with Crippen LogP contribution in [-0.4, -0.2) is 9.55 Å². The second kappa shape index (κ2) is 6.49. The highest BCUT2D eigenvalue weighted by atomic mass is 79.9. The van der Waals surface area contributed by atoms with Gasteiger partial charge in [-0.2, -0.15) is 0 Å². The third-order valence-electron chi connectivity index (χ3n) is 4.69. The third-order valence-corrected chi connectivity index (χ3v) is 5.75. The minimum absolute atomic E-state index is 0.511. The van der Waals surface area contributed by atoms with E-state index in [2.05, 4.69) is 91.9 Å². The Balaban J connectivity index is 1.95. The molecule has 1 aromatic heterocycles. The van der Waals surface area contributed by atoms with Crippen LogP contribution in [0.3, 0.4) is 0 Å². The van der Waals surface area contributed by atoms with Gasteiger partial charge in [0.05, 0.1) is 11.4 Å². The summed E-state index contributed by atoms with van der Waals surface area (Å²) >= 11 is 7.06. The summed E-state index contributed by atoms with van der Waals surface area (Å²) in [5.41, 5.74) is 4.73. The number of imidazole rings is 1. The molecule has 0 fully saturated rings. The molecule has 4 rings (SSSR count). The van der Waals surface area contributed by atoms with Crippen molar-refractivity contribution in [3.05, 3.63) is 63.3 Å². The molecule has 0 radical (unpaired) electrons. The van der Waals surface area contributed by atoms with Gasteiger partial charge < -0.3 is 4.57 Å². The standard InChI is InChI=1S/C20H18Br2N2/c1-13-3-2-12-24-19(15-6-10-17(22)11-7-15)18(23-20(13)24)14-4-8-16(21)9-5-14/h4-11,13H,2-3,12H2,1H3/t13-/m0/s1. The van der Waals surface area contributed by atoms with Crippen molar-refractivity contribution in [1.82, 2.24) is 9.55 Å². The van der Waals surface area contributed by atoms with Crippen molar-refractivity contribution < 1.29 is 0 Å². The number of aromatic nitrogens is 2. The highest BCUT2D eigenvalue weighted by molar-refractivity contribution is 9.10. The zero-order valence-electron chi connectivity index (χ0n) is 13.5. The molecule has 122 valence electrons. The second-order valence-corrected chi connectivity index (χ2v) is 8.21. The lowest BCUT2D eigenvalue weighted by Gasteiger charge is -2.21. The van der Waals surface area contributed by atoms with Crippen molar-refractivity contribution in [2.24, 2.45) is 0 Å². The quantitative estimate of drug-likeness (QED) is 0.432. The number of rotatable bonds is 2. The van der Waals surface area contributed by atoms with E-state index in [4.69, 9.17) is 4.98 Å². The molecule has 24 heavy (non-hydrogen) atoms. The van der Waals surface area contributed by atoms with Gasteiger partial charge in [-0.15, -0.1) is 0 Å². The molecule has 2 heterocycles. The first-order valence-electron chi connectivity index (χ1n) is 8.26. The van der Waals surface area contributed by atoms with Gasteiger partial charge in [0.15, 0.2) is 0 Å². The molecule has 4 heteroatoms. The largest absolute Gasteiger partial charge is 0.327 e. The van der Waals surface area contributed by atoms with E-state index in [1.165, 1.54) is 35.5 Å². The van der Waals surface area contributed by atoms with Crippen LogP contribution in [-0.2, 0) is 6.54 Å². The Kier molecular flexibility index (Phi) is 4.35. The molecule has 3 aromatic rings. The predicted octanol–water partition coefficient (Wildman–Crippen LogP) is 6.64. The van der Waals surface area contributed by atoms with Crippen LogP contribution in [0, 0.1) is 0 Å². The number of benzene rings is 2. The monoisotopic (exact) mass is 444 g/mol. The van der Waals surface area contributed by atoms with Gasteiger partial charge in [-0.3, -0.25) is 0 Å². The van der Waals surface area contributed by atoms with Gasteiger partial charge in [0.1, 0.15) is 5.82 Å². The van der Waals surface area contributed by atoms with Crippen LogP contribution in [0.4, 0.5) is 0 Å². The van der Waals surface area contributed by atoms with Crippen molar-refractivity contribution in [3.63, 3.8) is 0 Å². The van der Waals surface area contributed by atoms with Crippen LogP contribution in [0.25, 0.3) is 22.5 Å². The fourth-order valence-electron chi connectivity index (χ4n) is 3.47. The zero-order chi connectivity index (χ0) is 16.7. The Labute approximate surface area is 159 Å². The summed E-state index contributed by atoms with van der Waals surface area (Å²) in [6.07, 6.45) is 2.43. The molecule has 0 unspecified atom stereocenters. The molecule has 1 aliphatic rings. The fraction of sp³-hybridized carbons (Fsp3) is 0.250. The summed E-state index contributed by atoms with van der Waals surface area (Å²) in [4.78, 5) is 5.07. The number of nitrogens with zero attached hydrogens (tertiary/aromatic N) is 2. The first-order chi connectivity index (χ1) is 11.6. The van der Waals surface area contributed by atoms with Crippen molar-refractivity contribution in [1.29, 1.82) is 0 Å². The molecule has 0 N–H and O–H groups in total. The summed E-state index contributed by atoms with van der Waals surface area (Å²) < 4.78 is 4.62. The van der Waals surface area contributed by atoms with Gasteiger partial charge in [0.25, 0.3) is 0 Å². The van der Waals surface area contributed by atoms with Crippen molar-refractivity contribution in [2.75, 3.05) is 0 Å². The summed E-state index contributed by atoms with van der Waals surface area (Å²) in [6.45, 7) is 3.34. The van der Waals surface area contributed by atoms with Gasteiger partial charge in [-0.25, -0.2) is 4.98 Å². The molecule has 0 amide bonds. The second-order valence-electron chi connectivity index (χ2n) is 6.38. The topological polar surface area (TPSA) is 17.8 Å². The lowest BCUT2D eigenvalue weighted by atomic mass is 10.0. The van der Waals surface area contributed by atoms with E-state index in [1.54, 1.807) is 0 Å². The predicted molar refractivity (Wildman–Crippen MR) is 106 cm³/mol. The highest BCUT2D eigenvalue weighted by Gasteiger charge is 2.25. The number of hydrogen-bond acceptors (Lipinski definition) is 1. The Bertz CT molecular complexity index is 864. The van der Waals surface area contributed by atoms with Gasteiger partial charge in [0.2, 0.25) is 0 Å². The summed E-state index contributed by atoms with van der Waals surface area (Å²) in [7, 11) is 0. The average molecular weight is 446 g/mol. The maximum absolute atomic E-state index is 5.07. The van der Waals surface area contributed by atoms with Crippen LogP contribution in [0.5, 0.6) is 0 Å². The van der Waals surface area contributed by atoms with E-state index < -0.39 is 0 Å². The summed E-state index contributed by atoms with van der Waals surface area (Å²) in [6, 6.07) is 17.0. The van der Waals surface area contributed by atoms with Crippen molar-refractivity contribution in [3.8, 4) is 22.5 Å². The third kappa shape index (κ3) is 2.86. The minimum atomic E-state index is 0.511. The molecule has 2 aromatic carbocycles. The number of hydrogen-bond donors (Lipinski definition) is 0. The molecule has 1 aliphatic heterocycles. The molecule has 0 saturated heterocycles. The van der Waals surface area contributed by atoms with E-state index >= 15 is 0 Å². The Hall–Kier alpha value is -1.39. The molecule has 0 aliphatic carbocycles. The van der Waals surface area contributed by atoms with Gasteiger partial charge in [0, 0.05) is 32.5 Å². The molecule has 0 bridgehead atoms. The van der Waals surface area contributed by atoms with Crippen molar-refractivity contribution >= 4 is 31.9 Å². The Morgan fingerprint density at radius 3 is 2.12 bits per heavy atom. The van der Waals surface area contributed by atoms with E-state index in [0.717, 1.165) is 21.2 Å². The van der Waals surface area contributed by atoms with E-state index in [1.807, 2.05) is 0 Å². The molecular formula is C20H18Br2N2. The summed E-state index contributed by atoms with van der Waals surface area (Å²) in [5.74, 6) is 1.73. The normalized spacial score (nSPS) is 16.9. The van der Waals surface area contributed by atoms with Crippen LogP contribution in [0.15, 0.2) is 57.5 Å². The number of halogens is 2. The summed E-state index contributed by atoms with van der Waals surface area (Å²) in [5, 5.41) is 0. The smallest absolute Gasteiger partial charge is 0.112 e.